The maximum absolute atomic E-state index is 11.8. The lowest BCUT2D eigenvalue weighted by Crippen LogP contribution is -1.94. The summed E-state index contributed by atoms with van der Waals surface area (Å²) in [4.78, 5) is 12.3. The van der Waals surface area contributed by atoms with Gasteiger partial charge in [-0.15, -0.1) is 0 Å². The van der Waals surface area contributed by atoms with Gasteiger partial charge in [0.15, 0.2) is 5.76 Å². The lowest BCUT2D eigenvalue weighted by atomic mass is 10.4. The van der Waals surface area contributed by atoms with E-state index in [1.807, 2.05) is 0 Å². The van der Waals surface area contributed by atoms with Gasteiger partial charge in [-0.05, 0) is 6.92 Å². The molecule has 0 unspecified atom stereocenters. The average molecular weight is 149 g/mol. The molecule has 0 fully saturated rings. The number of H-pyrrole nitrogens is 1. The quantitative estimate of drug-likeness (QED) is 0.652. The molecule has 1 rings (SSSR count). The van der Waals surface area contributed by atoms with E-state index in [2.05, 4.69) is 9.40 Å². The van der Waals surface area contributed by atoms with Crippen LogP contribution in [0.5, 0.6) is 0 Å². The van der Waals surface area contributed by atoms with E-state index in [4.69, 9.17) is 0 Å². The summed E-state index contributed by atoms with van der Waals surface area (Å²) in [6.45, 7) is 1.35. The predicted octanol–water partition coefficient (Wildman–Crippen LogP) is 1.21. The van der Waals surface area contributed by atoms with Crippen molar-refractivity contribution in [2.24, 2.45) is 0 Å². The number of alkyl halides is 2. The van der Waals surface area contributed by atoms with Crippen LogP contribution >= 0.6 is 0 Å². The Morgan fingerprint density at radius 1 is 1.60 bits per heavy atom. The number of oxazole rings is 1. The number of nitrogens with one attached hydrogen (secondary N) is 1. The van der Waals surface area contributed by atoms with Crippen molar-refractivity contribution in [3.05, 3.63) is 22.0 Å². The third-order valence-electron chi connectivity index (χ3n) is 1.06. The predicted molar refractivity (Wildman–Crippen MR) is 29.0 cm³/mol. The van der Waals surface area contributed by atoms with Crippen molar-refractivity contribution in [1.29, 1.82) is 0 Å². The van der Waals surface area contributed by atoms with Crippen LogP contribution in [0.4, 0.5) is 8.78 Å². The first-order valence-corrected chi connectivity index (χ1v) is 2.59. The van der Waals surface area contributed by atoms with Crippen LogP contribution in [0, 0.1) is 6.92 Å². The molecule has 0 aliphatic carbocycles. The summed E-state index contributed by atoms with van der Waals surface area (Å²) in [5.41, 5.74) is 0.0833. The standard InChI is InChI=1S/C5H5F2NO2/c1-2-3(4(6)7)10-5(9)8-2/h4H,1H3,(H,8,9). The van der Waals surface area contributed by atoms with Gasteiger partial charge in [0.25, 0.3) is 6.43 Å². The summed E-state index contributed by atoms with van der Waals surface area (Å²) in [6.07, 6.45) is -2.72. The Hall–Kier alpha value is -1.13. The fourth-order valence-electron chi connectivity index (χ4n) is 0.625. The fraction of sp³-hybridized carbons (Fsp3) is 0.400. The van der Waals surface area contributed by atoms with Gasteiger partial charge < -0.3 is 4.42 Å². The van der Waals surface area contributed by atoms with Gasteiger partial charge in [0.1, 0.15) is 0 Å². The normalized spacial score (nSPS) is 10.8. The number of hydrogen-bond donors (Lipinski definition) is 1. The summed E-state index contributed by atoms with van der Waals surface area (Å²) < 4.78 is 27.7. The highest BCUT2D eigenvalue weighted by Crippen LogP contribution is 2.18. The van der Waals surface area contributed by atoms with Gasteiger partial charge in [0, 0.05) is 0 Å². The minimum Gasteiger partial charge on any atom is -0.407 e. The van der Waals surface area contributed by atoms with Crippen LogP contribution in [0.2, 0.25) is 0 Å². The monoisotopic (exact) mass is 149 g/mol. The van der Waals surface area contributed by atoms with E-state index in [9.17, 15) is 13.6 Å². The van der Waals surface area contributed by atoms with E-state index in [1.54, 1.807) is 0 Å². The highest BCUT2D eigenvalue weighted by molar-refractivity contribution is 5.05. The van der Waals surface area contributed by atoms with E-state index in [-0.39, 0.29) is 5.69 Å². The minimum absolute atomic E-state index is 0.0833. The zero-order chi connectivity index (χ0) is 7.72. The van der Waals surface area contributed by atoms with Gasteiger partial charge in [0.05, 0.1) is 5.69 Å². The first kappa shape index (κ1) is 6.98. The van der Waals surface area contributed by atoms with Crippen molar-refractivity contribution in [1.82, 2.24) is 4.98 Å². The Morgan fingerprint density at radius 2 is 2.20 bits per heavy atom. The minimum atomic E-state index is -2.72. The molecule has 5 heteroatoms. The summed E-state index contributed by atoms with van der Waals surface area (Å²) in [6, 6.07) is 0. The Balaban J connectivity index is 3.15. The summed E-state index contributed by atoms with van der Waals surface area (Å²) in [7, 11) is 0. The summed E-state index contributed by atoms with van der Waals surface area (Å²) in [5, 5.41) is 0. The van der Waals surface area contributed by atoms with Crippen LogP contribution in [0.1, 0.15) is 17.9 Å². The van der Waals surface area contributed by atoms with Crippen molar-refractivity contribution in [3.63, 3.8) is 0 Å². The van der Waals surface area contributed by atoms with Crippen LogP contribution in [-0.4, -0.2) is 4.98 Å². The van der Waals surface area contributed by atoms with Gasteiger partial charge in [0.2, 0.25) is 0 Å². The zero-order valence-electron chi connectivity index (χ0n) is 5.15. The number of halogens is 2. The molecule has 1 aromatic rings. The lowest BCUT2D eigenvalue weighted by Gasteiger charge is -1.90. The molecule has 0 aliphatic rings. The molecular formula is C5H5F2NO2. The molecule has 0 aliphatic heterocycles. The van der Waals surface area contributed by atoms with Crippen molar-refractivity contribution >= 4 is 0 Å². The molecule has 1 N–H and O–H groups in total. The van der Waals surface area contributed by atoms with Crippen molar-refractivity contribution in [2.75, 3.05) is 0 Å². The van der Waals surface area contributed by atoms with Crippen molar-refractivity contribution in [3.8, 4) is 0 Å². The number of aromatic amines is 1. The van der Waals surface area contributed by atoms with E-state index >= 15 is 0 Å². The van der Waals surface area contributed by atoms with Crippen LogP contribution in [0.15, 0.2) is 9.21 Å². The Kier molecular flexibility index (Phi) is 1.57. The molecule has 0 aromatic carbocycles. The number of rotatable bonds is 1. The Bertz CT molecular complexity index is 275. The van der Waals surface area contributed by atoms with Crippen LogP contribution in [0.3, 0.4) is 0 Å². The van der Waals surface area contributed by atoms with E-state index in [0.29, 0.717) is 0 Å². The molecule has 0 spiro atoms. The molecule has 0 bridgehead atoms. The van der Waals surface area contributed by atoms with Crippen LogP contribution in [0.25, 0.3) is 0 Å². The molecule has 0 amide bonds. The second-order valence-corrected chi connectivity index (χ2v) is 1.80. The number of hydrogen-bond acceptors (Lipinski definition) is 2. The van der Waals surface area contributed by atoms with E-state index in [1.165, 1.54) is 6.92 Å². The maximum Gasteiger partial charge on any atom is 0.416 e. The van der Waals surface area contributed by atoms with Crippen molar-refractivity contribution < 1.29 is 13.2 Å². The number of aryl methyl sites for hydroxylation is 1. The largest absolute Gasteiger partial charge is 0.416 e. The third-order valence-corrected chi connectivity index (χ3v) is 1.06. The molecule has 56 valence electrons. The molecule has 3 nitrogen and oxygen atoms in total. The molecular weight excluding hydrogens is 144 g/mol. The van der Waals surface area contributed by atoms with Crippen LogP contribution in [-0.2, 0) is 0 Å². The second-order valence-electron chi connectivity index (χ2n) is 1.80. The molecule has 1 heterocycles. The van der Waals surface area contributed by atoms with Crippen molar-refractivity contribution in [2.45, 2.75) is 13.3 Å². The fourth-order valence-corrected chi connectivity index (χ4v) is 0.625. The van der Waals surface area contributed by atoms with Gasteiger partial charge in [-0.3, -0.25) is 4.98 Å². The highest BCUT2D eigenvalue weighted by atomic mass is 19.3. The van der Waals surface area contributed by atoms with E-state index in [0.717, 1.165) is 0 Å². The average Bonchev–Trinajstić information content (AvgIpc) is 2.10. The van der Waals surface area contributed by atoms with Gasteiger partial charge in [-0.2, -0.15) is 0 Å². The molecule has 0 saturated carbocycles. The maximum atomic E-state index is 11.8. The molecule has 0 atom stereocenters. The Morgan fingerprint density at radius 3 is 2.40 bits per heavy atom. The second kappa shape index (κ2) is 2.24. The SMILES string of the molecule is Cc1[nH]c(=O)oc1C(F)F. The van der Waals surface area contributed by atoms with Gasteiger partial charge >= 0.3 is 5.76 Å². The summed E-state index contributed by atoms with van der Waals surface area (Å²) >= 11 is 0. The smallest absolute Gasteiger partial charge is 0.407 e. The molecule has 0 saturated heterocycles. The molecule has 10 heavy (non-hydrogen) atoms. The van der Waals surface area contributed by atoms with Gasteiger partial charge in [-0.1, -0.05) is 0 Å². The zero-order valence-corrected chi connectivity index (χ0v) is 5.15. The Labute approximate surface area is 54.7 Å². The first-order chi connectivity index (χ1) is 4.61. The lowest BCUT2D eigenvalue weighted by molar-refractivity contribution is 0.119. The molecule has 1 aromatic heterocycles. The van der Waals surface area contributed by atoms with Crippen LogP contribution < -0.4 is 5.76 Å². The first-order valence-electron chi connectivity index (χ1n) is 2.59. The third kappa shape index (κ3) is 1.07. The number of aromatic nitrogens is 1. The molecule has 0 radical (unpaired) electrons. The highest BCUT2D eigenvalue weighted by Gasteiger charge is 2.15. The van der Waals surface area contributed by atoms with E-state index < -0.39 is 17.9 Å². The van der Waals surface area contributed by atoms with Gasteiger partial charge in [-0.25, -0.2) is 13.6 Å². The topological polar surface area (TPSA) is 46.0 Å². The summed E-state index contributed by atoms with van der Waals surface area (Å²) in [5.74, 6) is -1.42.